The van der Waals surface area contributed by atoms with Crippen molar-refractivity contribution in [1.29, 1.82) is 0 Å². The first-order valence-corrected chi connectivity index (χ1v) is 3.08. The molecule has 0 saturated carbocycles. The van der Waals surface area contributed by atoms with Crippen LogP contribution in [0.2, 0.25) is 0 Å². The number of ether oxygens (including phenoxy) is 1. The fourth-order valence-corrected chi connectivity index (χ4v) is 0.228. The Kier molecular flexibility index (Phi) is 4.21. The molecule has 1 aliphatic rings. The van der Waals surface area contributed by atoms with Crippen LogP contribution in [0.25, 0.3) is 0 Å². The highest BCUT2D eigenvalue weighted by molar-refractivity contribution is 5.86. The SMILES string of the molecule is CC1OC1=O.[O]CCC(=O)O. The van der Waals surface area contributed by atoms with Crippen LogP contribution >= 0.6 is 0 Å². The number of cyclic esters (lactones) is 1. The Bertz CT molecular complexity index is 153. The lowest BCUT2D eigenvalue weighted by atomic mass is 10.5. The van der Waals surface area contributed by atoms with Crippen LogP contribution in [0, 0.1) is 0 Å². The Labute approximate surface area is 63.6 Å². The van der Waals surface area contributed by atoms with Gasteiger partial charge in [-0.1, -0.05) is 0 Å². The number of hydrogen-bond donors (Lipinski definition) is 1. The summed E-state index contributed by atoms with van der Waals surface area (Å²) < 4.78 is 4.28. The summed E-state index contributed by atoms with van der Waals surface area (Å²) in [5, 5.41) is 17.1. The van der Waals surface area contributed by atoms with Gasteiger partial charge in [-0.15, -0.1) is 0 Å². The monoisotopic (exact) mass is 161 g/mol. The van der Waals surface area contributed by atoms with Gasteiger partial charge >= 0.3 is 11.9 Å². The standard InChI is InChI=1S/C3H5O3.C3H4O2/c4-2-1-3(5)6;1-2-3(4)5-2/h1-2H2,(H,5,6);2H,1H3. The van der Waals surface area contributed by atoms with Gasteiger partial charge in [-0.05, 0) is 6.92 Å². The van der Waals surface area contributed by atoms with Crippen LogP contribution in [0.4, 0.5) is 0 Å². The average molecular weight is 161 g/mol. The minimum absolute atomic E-state index is 0.0787. The highest BCUT2D eigenvalue weighted by Gasteiger charge is 2.31. The molecule has 1 atom stereocenters. The molecule has 1 rings (SSSR count). The van der Waals surface area contributed by atoms with E-state index in [0.29, 0.717) is 0 Å². The fourth-order valence-electron chi connectivity index (χ4n) is 0.228. The number of carboxylic acid groups (broad SMARTS) is 1. The first kappa shape index (κ1) is 9.90. The maximum atomic E-state index is 9.66. The largest absolute Gasteiger partial charge is 0.481 e. The van der Waals surface area contributed by atoms with Gasteiger partial charge in [0, 0.05) is 0 Å². The van der Waals surface area contributed by atoms with E-state index in [-0.39, 0.29) is 18.5 Å². The summed E-state index contributed by atoms with van der Waals surface area (Å²) in [7, 11) is 0. The van der Waals surface area contributed by atoms with E-state index in [1.54, 1.807) is 6.92 Å². The van der Waals surface area contributed by atoms with E-state index in [1.165, 1.54) is 0 Å². The van der Waals surface area contributed by atoms with E-state index in [4.69, 9.17) is 5.11 Å². The maximum absolute atomic E-state index is 9.66. The molecule has 1 N–H and O–H groups in total. The molecule has 0 aromatic rings. The number of rotatable bonds is 2. The summed E-state index contributed by atoms with van der Waals surface area (Å²) in [6.07, 6.45) is -0.352. The van der Waals surface area contributed by atoms with Crippen molar-refractivity contribution in [3.8, 4) is 0 Å². The highest BCUT2D eigenvalue weighted by atomic mass is 16.6. The van der Waals surface area contributed by atoms with Crippen molar-refractivity contribution in [2.75, 3.05) is 6.61 Å². The molecule has 1 radical (unpaired) electrons. The van der Waals surface area contributed by atoms with Crippen LogP contribution in [0.1, 0.15) is 13.3 Å². The minimum atomic E-state index is -1.02. The van der Waals surface area contributed by atoms with Gasteiger partial charge in [-0.2, -0.15) is 0 Å². The molecule has 1 aliphatic heterocycles. The minimum Gasteiger partial charge on any atom is -0.481 e. The predicted octanol–water partition coefficient (Wildman–Crippen LogP) is -0.177. The molecule has 0 spiro atoms. The van der Waals surface area contributed by atoms with Gasteiger partial charge < -0.3 is 9.84 Å². The van der Waals surface area contributed by atoms with Crippen molar-refractivity contribution < 1.29 is 24.5 Å². The Morgan fingerprint density at radius 3 is 2.09 bits per heavy atom. The zero-order valence-electron chi connectivity index (χ0n) is 6.07. The molecule has 1 unspecified atom stereocenters. The van der Waals surface area contributed by atoms with E-state index in [1.807, 2.05) is 0 Å². The van der Waals surface area contributed by atoms with Gasteiger partial charge in [0.05, 0.1) is 13.0 Å². The summed E-state index contributed by atoms with van der Waals surface area (Å²) in [6.45, 7) is 1.21. The number of epoxide rings is 1. The summed E-state index contributed by atoms with van der Waals surface area (Å²) in [5.74, 6) is -1.10. The zero-order chi connectivity index (χ0) is 8.85. The highest BCUT2D eigenvalue weighted by Crippen LogP contribution is 2.08. The Hall–Kier alpha value is -1.10. The molecule has 1 heterocycles. The Morgan fingerprint density at radius 2 is 2.09 bits per heavy atom. The summed E-state index contributed by atoms with van der Waals surface area (Å²) in [4.78, 5) is 19.1. The lowest BCUT2D eigenvalue weighted by Crippen LogP contribution is -1.95. The van der Waals surface area contributed by atoms with Crippen LogP contribution in [-0.2, 0) is 19.4 Å². The van der Waals surface area contributed by atoms with Gasteiger partial charge in [-0.25, -0.2) is 9.90 Å². The smallest absolute Gasteiger partial charge is 0.347 e. The molecule has 0 bridgehead atoms. The van der Waals surface area contributed by atoms with Gasteiger partial charge in [0.15, 0.2) is 6.10 Å². The van der Waals surface area contributed by atoms with E-state index in [0.717, 1.165) is 0 Å². The number of hydrogen-bond acceptors (Lipinski definition) is 3. The van der Waals surface area contributed by atoms with Crippen LogP contribution in [-0.4, -0.2) is 29.8 Å². The van der Waals surface area contributed by atoms with Crippen LogP contribution in [0.5, 0.6) is 0 Å². The van der Waals surface area contributed by atoms with E-state index < -0.39 is 12.6 Å². The normalized spacial score (nSPS) is 19.5. The van der Waals surface area contributed by atoms with Crippen molar-refractivity contribution in [1.82, 2.24) is 0 Å². The van der Waals surface area contributed by atoms with Crippen molar-refractivity contribution in [2.24, 2.45) is 0 Å². The van der Waals surface area contributed by atoms with Crippen LogP contribution < -0.4 is 0 Å². The number of carbonyl (C=O) groups excluding carboxylic acids is 1. The lowest BCUT2D eigenvalue weighted by Gasteiger charge is -1.77. The van der Waals surface area contributed by atoms with E-state index in [9.17, 15) is 14.7 Å². The lowest BCUT2D eigenvalue weighted by molar-refractivity contribution is -0.138. The van der Waals surface area contributed by atoms with Gasteiger partial charge in [0.25, 0.3) is 0 Å². The van der Waals surface area contributed by atoms with Crippen molar-refractivity contribution >= 4 is 11.9 Å². The molecule has 0 aliphatic carbocycles. The third-order valence-corrected chi connectivity index (χ3v) is 0.884. The Morgan fingerprint density at radius 1 is 1.73 bits per heavy atom. The molecule has 1 saturated heterocycles. The van der Waals surface area contributed by atoms with Crippen LogP contribution in [0.3, 0.4) is 0 Å². The second-order valence-corrected chi connectivity index (χ2v) is 1.93. The van der Waals surface area contributed by atoms with E-state index >= 15 is 0 Å². The molecule has 0 aromatic heterocycles. The van der Waals surface area contributed by atoms with Crippen molar-refractivity contribution in [2.45, 2.75) is 19.4 Å². The second-order valence-electron chi connectivity index (χ2n) is 1.93. The second kappa shape index (κ2) is 4.68. The average Bonchev–Trinajstić information content (AvgIpc) is 2.46. The summed E-state index contributed by atoms with van der Waals surface area (Å²) in [6, 6.07) is 0. The summed E-state index contributed by atoms with van der Waals surface area (Å²) in [5.41, 5.74) is 0. The predicted molar refractivity (Wildman–Crippen MR) is 33.4 cm³/mol. The Balaban J connectivity index is 0.000000183. The van der Waals surface area contributed by atoms with Gasteiger partial charge in [0.1, 0.15) is 0 Å². The fraction of sp³-hybridized carbons (Fsp3) is 0.667. The molecule has 5 heteroatoms. The summed E-state index contributed by atoms with van der Waals surface area (Å²) >= 11 is 0. The number of carboxylic acids is 1. The van der Waals surface area contributed by atoms with Crippen LogP contribution in [0.15, 0.2) is 0 Å². The molecule has 11 heavy (non-hydrogen) atoms. The quantitative estimate of drug-likeness (QED) is 0.569. The first-order chi connectivity index (χ1) is 5.07. The van der Waals surface area contributed by atoms with Crippen molar-refractivity contribution in [3.63, 3.8) is 0 Å². The maximum Gasteiger partial charge on any atom is 0.347 e. The molecular formula is C6H9O5. The first-order valence-electron chi connectivity index (χ1n) is 3.08. The molecule has 0 aromatic carbocycles. The van der Waals surface area contributed by atoms with E-state index in [2.05, 4.69) is 4.74 Å². The topological polar surface area (TPSA) is 86.8 Å². The molecule has 5 nitrogen and oxygen atoms in total. The molecule has 63 valence electrons. The third-order valence-electron chi connectivity index (χ3n) is 0.884. The van der Waals surface area contributed by atoms with Gasteiger partial charge in [0.2, 0.25) is 0 Å². The third kappa shape index (κ3) is 6.79. The zero-order valence-corrected chi connectivity index (χ0v) is 6.07. The van der Waals surface area contributed by atoms with Crippen molar-refractivity contribution in [3.05, 3.63) is 0 Å². The molecular weight excluding hydrogens is 152 g/mol. The molecule has 0 amide bonds. The number of aliphatic carboxylic acids is 1. The van der Waals surface area contributed by atoms with Gasteiger partial charge in [-0.3, -0.25) is 4.79 Å². The number of carbonyl (C=O) groups is 2. The molecule has 1 fully saturated rings.